The number of aromatic hydroxyl groups is 1. The van der Waals surface area contributed by atoms with Crippen molar-refractivity contribution in [2.45, 2.75) is 30.0 Å². The smallest absolute Gasteiger partial charge is 0.255 e. The number of benzene rings is 3. The number of hydrogen-bond donors (Lipinski definition) is 5. The standard InChI is InChI=1S/C36H34N6O8/c1-42(2)29-28(45)25(32(38)48)30(46)35(16-37)31(47)26-27(44)24-22(14-34(26,39)15-36(29,35)40)21(12-13-23(24)43)17-4-8-19(9-5-17)41-33(49)18-6-10-20(50-3)11-7-18/h4-13,25-26,29,43H,14-15,39-40H2,1-3H3,(H2,38,48)(H,41,49)/t25?,26?,29?,34-,35+,36-/m1/s1. The number of nitriles is 1. The molecule has 50 heavy (non-hydrogen) atoms. The van der Waals surface area contributed by atoms with E-state index in [2.05, 4.69) is 5.32 Å². The number of rotatable bonds is 6. The predicted octanol–water partition coefficient (Wildman–Crippen LogP) is 0.736. The maximum atomic E-state index is 14.5. The summed E-state index contributed by atoms with van der Waals surface area (Å²) in [4.78, 5) is 82.8. The zero-order valence-electron chi connectivity index (χ0n) is 27.4. The van der Waals surface area contributed by atoms with Crippen LogP contribution in [0.2, 0.25) is 0 Å². The molecular formula is C36H34N6O8. The van der Waals surface area contributed by atoms with Crippen LogP contribution < -0.4 is 27.3 Å². The molecule has 256 valence electrons. The number of anilines is 1. The molecule has 0 bridgehead atoms. The number of hydrogen-bond acceptors (Lipinski definition) is 12. The van der Waals surface area contributed by atoms with Crippen molar-refractivity contribution in [3.8, 4) is 28.7 Å². The van der Waals surface area contributed by atoms with Gasteiger partial charge in [-0.3, -0.25) is 33.7 Å². The number of ketones is 4. The van der Waals surface area contributed by atoms with Crippen LogP contribution in [0.1, 0.15) is 32.7 Å². The number of methoxy groups -OCH3 is 1. The van der Waals surface area contributed by atoms with Crippen molar-refractivity contribution in [2.75, 3.05) is 26.5 Å². The van der Waals surface area contributed by atoms with E-state index in [0.29, 0.717) is 28.1 Å². The van der Waals surface area contributed by atoms with Crippen LogP contribution in [0, 0.1) is 28.6 Å². The molecule has 0 saturated heterocycles. The van der Waals surface area contributed by atoms with E-state index in [1.807, 2.05) is 0 Å². The van der Waals surface area contributed by atoms with Gasteiger partial charge in [0.05, 0.1) is 30.3 Å². The summed E-state index contributed by atoms with van der Waals surface area (Å²) in [7, 11) is 4.40. The third-order valence-electron chi connectivity index (χ3n) is 10.3. The highest BCUT2D eigenvalue weighted by Crippen LogP contribution is 2.57. The average molecular weight is 679 g/mol. The highest BCUT2D eigenvalue weighted by atomic mass is 16.5. The first kappa shape index (κ1) is 34.1. The van der Waals surface area contributed by atoms with Gasteiger partial charge in [0.15, 0.2) is 34.5 Å². The highest BCUT2D eigenvalue weighted by Gasteiger charge is 2.78. The second-order valence-corrected chi connectivity index (χ2v) is 13.4. The van der Waals surface area contributed by atoms with E-state index in [-0.39, 0.29) is 23.5 Å². The normalized spacial score (nSPS) is 28.6. The van der Waals surface area contributed by atoms with E-state index in [9.17, 15) is 39.1 Å². The maximum Gasteiger partial charge on any atom is 0.255 e. The Hall–Kier alpha value is -5.75. The van der Waals surface area contributed by atoms with Crippen molar-refractivity contribution >= 4 is 40.6 Å². The molecule has 6 rings (SSSR count). The number of nitrogens with one attached hydrogen (secondary N) is 1. The van der Waals surface area contributed by atoms with Gasteiger partial charge in [0.25, 0.3) is 5.91 Å². The lowest BCUT2D eigenvalue weighted by atomic mass is 9.42. The predicted molar refractivity (Wildman–Crippen MR) is 178 cm³/mol. The Bertz CT molecular complexity index is 2060. The summed E-state index contributed by atoms with van der Waals surface area (Å²) < 4.78 is 5.13. The van der Waals surface area contributed by atoms with Crippen molar-refractivity contribution in [3.05, 3.63) is 77.4 Å². The molecule has 2 fully saturated rings. The summed E-state index contributed by atoms with van der Waals surface area (Å²) >= 11 is 0. The van der Waals surface area contributed by atoms with Gasteiger partial charge in [-0.05, 0) is 86.1 Å². The molecule has 3 aliphatic rings. The monoisotopic (exact) mass is 678 g/mol. The number of amides is 2. The molecule has 0 radical (unpaired) electrons. The molecule has 3 unspecified atom stereocenters. The Labute approximate surface area is 286 Å². The number of fused-ring (bicyclic) bond motifs is 3. The van der Waals surface area contributed by atoms with Gasteiger partial charge in [-0.15, -0.1) is 0 Å². The topological polar surface area (TPSA) is 249 Å². The summed E-state index contributed by atoms with van der Waals surface area (Å²) in [6.45, 7) is 0. The van der Waals surface area contributed by atoms with E-state index in [4.69, 9.17) is 21.9 Å². The number of nitrogens with two attached hydrogens (primary N) is 3. The van der Waals surface area contributed by atoms with E-state index in [1.54, 1.807) is 60.7 Å². The number of primary amides is 1. The first-order chi connectivity index (χ1) is 23.6. The maximum absolute atomic E-state index is 14.5. The summed E-state index contributed by atoms with van der Waals surface area (Å²) in [5.41, 5.74) is 14.4. The minimum Gasteiger partial charge on any atom is -0.507 e. The molecule has 14 heteroatoms. The number of carbonyl (C=O) groups excluding carboxylic acids is 6. The molecular weight excluding hydrogens is 644 g/mol. The second kappa shape index (κ2) is 11.7. The number of phenolic OH excluding ortho intramolecular Hbond substituents is 1. The SMILES string of the molecule is COc1ccc(C(=O)Nc2ccc(-c3ccc(O)c4c3C[C@@]3(N)C[C@@]5(N)C(N(C)C)C(=O)C(C(N)=O)C(=O)[C@@]5(C#N)C(=O)C3C4=O)cc2)cc1. The van der Waals surface area contributed by atoms with E-state index < -0.39 is 75.6 Å². The molecule has 3 aromatic rings. The number of nitrogens with zero attached hydrogens (tertiary/aromatic N) is 2. The van der Waals surface area contributed by atoms with Crippen LogP contribution in [0.5, 0.6) is 11.5 Å². The lowest BCUT2D eigenvalue weighted by Gasteiger charge is -2.60. The van der Waals surface area contributed by atoms with Gasteiger partial charge in [0, 0.05) is 16.8 Å². The van der Waals surface area contributed by atoms with Crippen LogP contribution in [-0.4, -0.2) is 83.3 Å². The van der Waals surface area contributed by atoms with Crippen LogP contribution in [0.4, 0.5) is 5.69 Å². The molecule has 8 N–H and O–H groups in total. The molecule has 0 heterocycles. The first-order valence-corrected chi connectivity index (χ1v) is 15.6. The Balaban J connectivity index is 1.41. The van der Waals surface area contributed by atoms with E-state index in [0.717, 1.165) is 0 Å². The van der Waals surface area contributed by atoms with Crippen molar-refractivity contribution in [2.24, 2.45) is 34.5 Å². The van der Waals surface area contributed by atoms with Gasteiger partial charge in [-0.1, -0.05) is 18.2 Å². The Kier molecular flexibility index (Phi) is 7.98. The second-order valence-electron chi connectivity index (χ2n) is 13.4. The van der Waals surface area contributed by atoms with Crippen LogP contribution in [0.15, 0.2) is 60.7 Å². The number of likely N-dealkylation sites (N-methyl/N-ethyl adjacent to an activating group) is 1. The van der Waals surface area contributed by atoms with Crippen molar-refractivity contribution < 1.29 is 38.6 Å². The van der Waals surface area contributed by atoms with Crippen molar-refractivity contribution in [1.29, 1.82) is 5.26 Å². The minimum atomic E-state index is -2.82. The van der Waals surface area contributed by atoms with E-state index in [1.165, 1.54) is 32.2 Å². The first-order valence-electron chi connectivity index (χ1n) is 15.6. The van der Waals surface area contributed by atoms with Gasteiger partial charge < -0.3 is 32.4 Å². The third-order valence-corrected chi connectivity index (χ3v) is 10.3. The fraction of sp³-hybridized carbons (Fsp3) is 0.306. The van der Waals surface area contributed by atoms with Gasteiger partial charge in [-0.25, -0.2) is 0 Å². The number of ether oxygens (including phenoxy) is 1. The average Bonchev–Trinajstić information content (AvgIpc) is 3.04. The van der Waals surface area contributed by atoms with Crippen molar-refractivity contribution in [1.82, 2.24) is 4.90 Å². The third kappa shape index (κ3) is 4.66. The van der Waals surface area contributed by atoms with Crippen molar-refractivity contribution in [3.63, 3.8) is 0 Å². The number of Topliss-reactive ketones (excluding diaryl/α,β-unsaturated/α-hetero) is 4. The highest BCUT2D eigenvalue weighted by molar-refractivity contribution is 6.33. The summed E-state index contributed by atoms with van der Waals surface area (Å²) in [5.74, 6) is -10.1. The van der Waals surface area contributed by atoms with Crippen LogP contribution in [0.3, 0.4) is 0 Å². The Morgan fingerprint density at radius 2 is 1.62 bits per heavy atom. The fourth-order valence-corrected chi connectivity index (χ4v) is 8.16. The van der Waals surface area contributed by atoms with E-state index >= 15 is 0 Å². The zero-order chi connectivity index (χ0) is 36.5. The summed E-state index contributed by atoms with van der Waals surface area (Å²) in [6, 6.07) is 16.3. The quantitative estimate of drug-likeness (QED) is 0.227. The van der Waals surface area contributed by atoms with Gasteiger partial charge in [-0.2, -0.15) is 5.26 Å². The van der Waals surface area contributed by atoms with Gasteiger partial charge in [0.2, 0.25) is 5.91 Å². The molecule has 2 saturated carbocycles. The summed E-state index contributed by atoms with van der Waals surface area (Å²) in [6.07, 6.45) is -0.737. The number of carbonyl (C=O) groups is 6. The zero-order valence-corrected chi connectivity index (χ0v) is 27.4. The largest absolute Gasteiger partial charge is 0.507 e. The molecule has 6 atom stereocenters. The minimum absolute atomic E-state index is 0.216. The Morgan fingerprint density at radius 3 is 2.18 bits per heavy atom. The Morgan fingerprint density at radius 1 is 0.980 bits per heavy atom. The summed E-state index contributed by atoms with van der Waals surface area (Å²) in [5, 5.41) is 24.3. The molecule has 0 aromatic heterocycles. The van der Waals surface area contributed by atoms with Gasteiger partial charge in [0.1, 0.15) is 17.4 Å². The molecule has 3 aromatic carbocycles. The number of phenols is 1. The lowest BCUT2D eigenvalue weighted by Crippen LogP contribution is -2.85. The van der Waals surface area contributed by atoms with Gasteiger partial charge >= 0.3 is 0 Å². The molecule has 2 amide bonds. The molecule has 0 spiro atoms. The lowest BCUT2D eigenvalue weighted by molar-refractivity contribution is -0.166. The fourth-order valence-electron chi connectivity index (χ4n) is 8.16. The van der Waals surface area contributed by atoms with Crippen LogP contribution in [0.25, 0.3) is 11.1 Å². The molecule has 14 nitrogen and oxygen atoms in total. The molecule has 3 aliphatic carbocycles. The van der Waals surface area contributed by atoms with Crippen LogP contribution in [-0.2, 0) is 25.6 Å². The molecule has 0 aliphatic heterocycles. The van der Waals surface area contributed by atoms with Crippen LogP contribution >= 0.6 is 0 Å².